The molecule has 3 N–H and O–H groups in total. The molecule has 1 aromatic rings. The van der Waals surface area contributed by atoms with Gasteiger partial charge in [0.1, 0.15) is 0 Å². The molecule has 1 atom stereocenters. The van der Waals surface area contributed by atoms with Gasteiger partial charge in [-0.2, -0.15) is 0 Å². The summed E-state index contributed by atoms with van der Waals surface area (Å²) < 4.78 is 4.78. The first-order valence-electron chi connectivity index (χ1n) is 7.16. The van der Waals surface area contributed by atoms with E-state index in [-0.39, 0.29) is 12.1 Å². The van der Waals surface area contributed by atoms with Gasteiger partial charge in [-0.25, -0.2) is 9.59 Å². The van der Waals surface area contributed by atoms with E-state index in [1.807, 2.05) is 6.92 Å². The molecule has 6 nitrogen and oxygen atoms in total. The Morgan fingerprint density at radius 1 is 1.10 bits per heavy atom. The zero-order chi connectivity index (χ0) is 15.7. The standard InChI is InChI=1S/C15H23N3O3/c1-4-6-11(3)16-14(19)17-12-7-9-13(10-8-12)18-15(20)21-5-2/h7-11H,4-6H2,1-3H3,(H,18,20)(H2,16,17,19). The smallest absolute Gasteiger partial charge is 0.411 e. The molecule has 21 heavy (non-hydrogen) atoms. The summed E-state index contributed by atoms with van der Waals surface area (Å²) in [5, 5.41) is 8.18. The minimum Gasteiger partial charge on any atom is -0.450 e. The largest absolute Gasteiger partial charge is 0.450 e. The second-order valence-corrected chi connectivity index (χ2v) is 4.71. The fourth-order valence-electron chi connectivity index (χ4n) is 1.82. The molecule has 0 bridgehead atoms. The third kappa shape index (κ3) is 6.65. The number of nitrogens with one attached hydrogen (secondary N) is 3. The van der Waals surface area contributed by atoms with E-state index in [0.717, 1.165) is 12.8 Å². The molecular weight excluding hydrogens is 270 g/mol. The molecular formula is C15H23N3O3. The van der Waals surface area contributed by atoms with Crippen LogP contribution in [0.2, 0.25) is 0 Å². The Bertz CT molecular complexity index is 460. The number of anilines is 2. The molecule has 0 saturated heterocycles. The van der Waals surface area contributed by atoms with Gasteiger partial charge < -0.3 is 15.4 Å². The summed E-state index contributed by atoms with van der Waals surface area (Å²) in [6.07, 6.45) is 1.47. The second kappa shape index (κ2) is 8.84. The van der Waals surface area contributed by atoms with Gasteiger partial charge in [0.25, 0.3) is 0 Å². The number of amides is 3. The van der Waals surface area contributed by atoms with Crippen LogP contribution in [-0.2, 0) is 4.74 Å². The van der Waals surface area contributed by atoms with Crippen LogP contribution in [0.3, 0.4) is 0 Å². The van der Waals surface area contributed by atoms with E-state index in [2.05, 4.69) is 22.9 Å². The number of urea groups is 1. The summed E-state index contributed by atoms with van der Waals surface area (Å²) in [6, 6.07) is 6.73. The van der Waals surface area contributed by atoms with Crippen LogP contribution in [0.1, 0.15) is 33.6 Å². The van der Waals surface area contributed by atoms with Gasteiger partial charge in [-0.1, -0.05) is 13.3 Å². The third-order valence-electron chi connectivity index (χ3n) is 2.76. The van der Waals surface area contributed by atoms with Crippen molar-refractivity contribution in [1.82, 2.24) is 5.32 Å². The number of benzene rings is 1. The molecule has 0 saturated carbocycles. The van der Waals surface area contributed by atoms with Crippen LogP contribution in [0.4, 0.5) is 21.0 Å². The Morgan fingerprint density at radius 2 is 1.67 bits per heavy atom. The lowest BCUT2D eigenvalue weighted by molar-refractivity contribution is 0.168. The molecule has 0 aliphatic rings. The van der Waals surface area contributed by atoms with E-state index in [0.29, 0.717) is 18.0 Å². The highest BCUT2D eigenvalue weighted by Crippen LogP contribution is 2.13. The summed E-state index contributed by atoms with van der Waals surface area (Å²) in [6.45, 7) is 6.10. The van der Waals surface area contributed by atoms with Crippen molar-refractivity contribution in [1.29, 1.82) is 0 Å². The highest BCUT2D eigenvalue weighted by Gasteiger charge is 2.07. The minimum absolute atomic E-state index is 0.139. The maximum absolute atomic E-state index is 11.7. The van der Waals surface area contributed by atoms with Crippen molar-refractivity contribution in [3.63, 3.8) is 0 Å². The Hall–Kier alpha value is -2.24. The summed E-state index contributed by atoms with van der Waals surface area (Å²) >= 11 is 0. The van der Waals surface area contributed by atoms with Gasteiger partial charge in [-0.05, 0) is 44.5 Å². The van der Waals surface area contributed by atoms with E-state index < -0.39 is 6.09 Å². The van der Waals surface area contributed by atoms with Crippen molar-refractivity contribution in [3.8, 4) is 0 Å². The maximum Gasteiger partial charge on any atom is 0.411 e. The number of carbonyl (C=O) groups excluding carboxylic acids is 2. The minimum atomic E-state index is -0.496. The van der Waals surface area contributed by atoms with Gasteiger partial charge in [-0.15, -0.1) is 0 Å². The maximum atomic E-state index is 11.7. The first-order chi connectivity index (χ1) is 10.0. The average Bonchev–Trinajstić information content (AvgIpc) is 2.41. The van der Waals surface area contributed by atoms with Gasteiger partial charge >= 0.3 is 12.1 Å². The van der Waals surface area contributed by atoms with Gasteiger partial charge in [0.05, 0.1) is 6.61 Å². The number of hydrogen-bond donors (Lipinski definition) is 3. The third-order valence-corrected chi connectivity index (χ3v) is 2.76. The van der Waals surface area contributed by atoms with E-state index in [1.54, 1.807) is 31.2 Å². The van der Waals surface area contributed by atoms with Crippen molar-refractivity contribution >= 4 is 23.5 Å². The predicted octanol–water partition coefficient (Wildman–Crippen LogP) is 3.57. The fraction of sp³-hybridized carbons (Fsp3) is 0.467. The number of carbonyl (C=O) groups is 2. The fourth-order valence-corrected chi connectivity index (χ4v) is 1.82. The monoisotopic (exact) mass is 293 g/mol. The van der Waals surface area contributed by atoms with Gasteiger partial charge in [0.2, 0.25) is 0 Å². The predicted molar refractivity (Wildman–Crippen MR) is 83.6 cm³/mol. The highest BCUT2D eigenvalue weighted by molar-refractivity contribution is 5.90. The molecule has 0 radical (unpaired) electrons. The van der Waals surface area contributed by atoms with E-state index in [4.69, 9.17) is 4.74 Å². The molecule has 1 aromatic carbocycles. The summed E-state index contributed by atoms with van der Waals surface area (Å²) in [7, 11) is 0. The number of ether oxygens (including phenoxy) is 1. The van der Waals surface area contributed by atoms with Crippen molar-refractivity contribution < 1.29 is 14.3 Å². The zero-order valence-corrected chi connectivity index (χ0v) is 12.7. The lowest BCUT2D eigenvalue weighted by Crippen LogP contribution is -2.35. The average molecular weight is 293 g/mol. The van der Waals surface area contributed by atoms with Crippen LogP contribution in [0.15, 0.2) is 24.3 Å². The normalized spacial score (nSPS) is 11.4. The van der Waals surface area contributed by atoms with Crippen LogP contribution < -0.4 is 16.0 Å². The molecule has 116 valence electrons. The van der Waals surface area contributed by atoms with Crippen molar-refractivity contribution in [2.45, 2.75) is 39.7 Å². The van der Waals surface area contributed by atoms with Crippen LogP contribution in [-0.4, -0.2) is 24.8 Å². The van der Waals surface area contributed by atoms with Gasteiger partial charge in [0, 0.05) is 17.4 Å². The summed E-state index contributed by atoms with van der Waals surface area (Å²) in [5.41, 5.74) is 1.27. The van der Waals surface area contributed by atoms with Crippen molar-refractivity contribution in [2.75, 3.05) is 17.2 Å². The summed E-state index contributed by atoms with van der Waals surface area (Å²) in [5.74, 6) is 0. The Kier molecular flexibility index (Phi) is 7.08. The first kappa shape index (κ1) is 16.8. The highest BCUT2D eigenvalue weighted by atomic mass is 16.5. The van der Waals surface area contributed by atoms with Gasteiger partial charge in [0.15, 0.2) is 0 Å². The van der Waals surface area contributed by atoms with E-state index in [1.165, 1.54) is 0 Å². The number of rotatable bonds is 6. The molecule has 0 aliphatic heterocycles. The van der Waals surface area contributed by atoms with Crippen molar-refractivity contribution in [3.05, 3.63) is 24.3 Å². The van der Waals surface area contributed by atoms with E-state index >= 15 is 0 Å². The molecule has 1 rings (SSSR count). The second-order valence-electron chi connectivity index (χ2n) is 4.71. The first-order valence-corrected chi connectivity index (χ1v) is 7.16. The lowest BCUT2D eigenvalue weighted by atomic mass is 10.2. The lowest BCUT2D eigenvalue weighted by Gasteiger charge is -2.14. The molecule has 0 aromatic heterocycles. The van der Waals surface area contributed by atoms with Crippen LogP contribution in [0.5, 0.6) is 0 Å². The summed E-state index contributed by atoms with van der Waals surface area (Å²) in [4.78, 5) is 23.0. The topological polar surface area (TPSA) is 79.5 Å². The zero-order valence-electron chi connectivity index (χ0n) is 12.7. The molecule has 0 spiro atoms. The molecule has 6 heteroatoms. The molecule has 1 unspecified atom stereocenters. The van der Waals surface area contributed by atoms with Crippen molar-refractivity contribution in [2.24, 2.45) is 0 Å². The van der Waals surface area contributed by atoms with Crippen LogP contribution >= 0.6 is 0 Å². The Balaban J connectivity index is 2.47. The molecule has 0 fully saturated rings. The van der Waals surface area contributed by atoms with Crippen LogP contribution in [0.25, 0.3) is 0 Å². The van der Waals surface area contributed by atoms with E-state index in [9.17, 15) is 9.59 Å². The Morgan fingerprint density at radius 3 is 2.19 bits per heavy atom. The van der Waals surface area contributed by atoms with Gasteiger partial charge in [-0.3, -0.25) is 5.32 Å². The quantitative estimate of drug-likeness (QED) is 0.750. The van der Waals surface area contributed by atoms with Crippen LogP contribution in [0, 0.1) is 0 Å². The SMILES string of the molecule is CCCC(C)NC(=O)Nc1ccc(NC(=O)OCC)cc1. The number of hydrogen-bond acceptors (Lipinski definition) is 3. The molecule has 0 heterocycles. The Labute approximate surface area is 125 Å². The molecule has 0 aliphatic carbocycles. The molecule has 3 amide bonds.